The Balaban J connectivity index is 1.82. The van der Waals surface area contributed by atoms with E-state index in [0.29, 0.717) is 0 Å². The molecule has 0 aliphatic carbocycles. The number of carboxylic acids is 1. The number of carbonyl (C=O) groups is 2. The third-order valence-corrected chi connectivity index (χ3v) is 4.98. The summed E-state index contributed by atoms with van der Waals surface area (Å²) in [5, 5.41) is 12.0. The molecule has 2 atom stereocenters. The van der Waals surface area contributed by atoms with Gasteiger partial charge in [-0.05, 0) is 37.4 Å². The summed E-state index contributed by atoms with van der Waals surface area (Å²) in [6.07, 6.45) is 2.30. The zero-order valence-corrected chi connectivity index (χ0v) is 14.6. The summed E-state index contributed by atoms with van der Waals surface area (Å²) >= 11 is 0. The van der Waals surface area contributed by atoms with Crippen LogP contribution < -0.4 is 5.32 Å². The molecule has 0 radical (unpaired) electrons. The highest BCUT2D eigenvalue weighted by Crippen LogP contribution is 2.20. The van der Waals surface area contributed by atoms with E-state index < -0.39 is 12.0 Å². The Morgan fingerprint density at radius 2 is 1.88 bits per heavy atom. The highest BCUT2D eigenvalue weighted by atomic mass is 16.4. The van der Waals surface area contributed by atoms with Crippen molar-refractivity contribution in [2.45, 2.75) is 45.7 Å². The van der Waals surface area contributed by atoms with Crippen molar-refractivity contribution in [2.75, 3.05) is 13.1 Å². The van der Waals surface area contributed by atoms with E-state index >= 15 is 0 Å². The average Bonchev–Trinajstić information content (AvgIpc) is 2.60. The van der Waals surface area contributed by atoms with Gasteiger partial charge in [0.2, 0.25) is 5.91 Å². The van der Waals surface area contributed by atoms with Gasteiger partial charge in [-0.25, -0.2) is 4.79 Å². The Labute approximate surface area is 144 Å². The lowest BCUT2D eigenvalue weighted by Crippen LogP contribution is -2.49. The van der Waals surface area contributed by atoms with Crippen molar-refractivity contribution in [1.82, 2.24) is 10.2 Å². The van der Waals surface area contributed by atoms with Gasteiger partial charge in [-0.1, -0.05) is 50.6 Å². The van der Waals surface area contributed by atoms with Crippen LogP contribution in [0.15, 0.2) is 30.3 Å². The molecule has 1 aliphatic rings. The van der Waals surface area contributed by atoms with Crippen molar-refractivity contribution in [3.05, 3.63) is 35.9 Å². The van der Waals surface area contributed by atoms with Crippen molar-refractivity contribution >= 4 is 11.9 Å². The monoisotopic (exact) mass is 332 g/mol. The van der Waals surface area contributed by atoms with Gasteiger partial charge in [-0.15, -0.1) is 0 Å². The fourth-order valence-corrected chi connectivity index (χ4v) is 3.15. The second-order valence-electron chi connectivity index (χ2n) is 6.75. The van der Waals surface area contributed by atoms with Gasteiger partial charge in [0.25, 0.3) is 0 Å². The highest BCUT2D eigenvalue weighted by Gasteiger charge is 2.30. The lowest BCUT2D eigenvalue weighted by molar-refractivity contribution is -0.144. The summed E-state index contributed by atoms with van der Waals surface area (Å²) in [6.45, 7) is 6.44. The molecular formula is C19H28N2O3. The Hall–Kier alpha value is -1.88. The van der Waals surface area contributed by atoms with Crippen LogP contribution in [0.4, 0.5) is 0 Å². The number of likely N-dealkylation sites (tertiary alicyclic amines) is 1. The number of benzene rings is 1. The summed E-state index contributed by atoms with van der Waals surface area (Å²) in [7, 11) is 0. The Morgan fingerprint density at radius 3 is 2.42 bits per heavy atom. The molecule has 0 aromatic heterocycles. The smallest absolute Gasteiger partial charge is 0.326 e. The number of carbonyl (C=O) groups excluding carboxylic acids is 1. The minimum atomic E-state index is -0.945. The van der Waals surface area contributed by atoms with Gasteiger partial charge in [0.05, 0.1) is 0 Å². The van der Waals surface area contributed by atoms with Crippen LogP contribution in [0.25, 0.3) is 0 Å². The van der Waals surface area contributed by atoms with Crippen molar-refractivity contribution in [1.29, 1.82) is 0 Å². The number of nitrogens with one attached hydrogen (secondary N) is 1. The third-order valence-electron chi connectivity index (χ3n) is 4.98. The quantitative estimate of drug-likeness (QED) is 0.805. The standard InChI is InChI=1S/C19H28N2O3/c1-3-14(2)17(19(23)24)20-18(22)16-9-11-21(12-10-16)13-15-7-5-4-6-8-15/h4-8,14,16-17H,3,9-13H2,1-2H3,(H,20,22)(H,23,24). The van der Waals surface area contributed by atoms with Crippen molar-refractivity contribution in [2.24, 2.45) is 11.8 Å². The molecule has 0 saturated carbocycles. The summed E-state index contributed by atoms with van der Waals surface area (Å²) in [4.78, 5) is 26.1. The van der Waals surface area contributed by atoms with Crippen LogP contribution in [0.1, 0.15) is 38.7 Å². The van der Waals surface area contributed by atoms with Crippen LogP contribution in [0.2, 0.25) is 0 Å². The number of hydrogen-bond donors (Lipinski definition) is 2. The zero-order chi connectivity index (χ0) is 17.5. The zero-order valence-electron chi connectivity index (χ0n) is 14.6. The molecule has 132 valence electrons. The predicted molar refractivity (Wildman–Crippen MR) is 93.5 cm³/mol. The second-order valence-corrected chi connectivity index (χ2v) is 6.75. The minimum absolute atomic E-state index is 0.0652. The van der Waals surface area contributed by atoms with Crippen LogP contribution in [-0.4, -0.2) is 41.0 Å². The topological polar surface area (TPSA) is 69.6 Å². The van der Waals surface area contributed by atoms with Crippen LogP contribution in [0, 0.1) is 11.8 Å². The van der Waals surface area contributed by atoms with Crippen molar-refractivity contribution < 1.29 is 14.7 Å². The van der Waals surface area contributed by atoms with E-state index in [1.165, 1.54) is 5.56 Å². The van der Waals surface area contributed by atoms with Crippen molar-refractivity contribution in [3.63, 3.8) is 0 Å². The number of amides is 1. The molecule has 2 unspecified atom stereocenters. The first-order chi connectivity index (χ1) is 11.5. The van der Waals surface area contributed by atoms with E-state index in [9.17, 15) is 14.7 Å². The fourth-order valence-electron chi connectivity index (χ4n) is 3.15. The molecule has 1 aromatic carbocycles. The van der Waals surface area contributed by atoms with E-state index in [1.54, 1.807) is 0 Å². The van der Waals surface area contributed by atoms with Crippen LogP contribution in [0.5, 0.6) is 0 Å². The van der Waals surface area contributed by atoms with Crippen LogP contribution in [-0.2, 0) is 16.1 Å². The summed E-state index contributed by atoms with van der Waals surface area (Å²) in [5.41, 5.74) is 1.28. The molecule has 2 rings (SSSR count). The molecule has 1 aromatic rings. The summed E-state index contributed by atoms with van der Waals surface area (Å²) < 4.78 is 0. The van der Waals surface area contributed by atoms with Gasteiger partial charge in [0, 0.05) is 12.5 Å². The largest absolute Gasteiger partial charge is 0.480 e. The number of piperidine rings is 1. The maximum atomic E-state index is 12.4. The lowest BCUT2D eigenvalue weighted by Gasteiger charge is -2.32. The first-order valence-corrected chi connectivity index (χ1v) is 8.80. The Kier molecular flexibility index (Phi) is 6.79. The molecule has 0 bridgehead atoms. The normalized spacial score (nSPS) is 18.8. The molecule has 1 saturated heterocycles. The molecule has 5 heteroatoms. The minimum Gasteiger partial charge on any atom is -0.480 e. The molecule has 1 amide bonds. The summed E-state index contributed by atoms with van der Waals surface area (Å²) in [5.74, 6) is -1.20. The SMILES string of the molecule is CCC(C)C(NC(=O)C1CCN(Cc2ccccc2)CC1)C(=O)O. The molecule has 1 aliphatic heterocycles. The fraction of sp³-hybridized carbons (Fsp3) is 0.579. The lowest BCUT2D eigenvalue weighted by atomic mass is 9.93. The first-order valence-electron chi connectivity index (χ1n) is 8.80. The van der Waals surface area contributed by atoms with Gasteiger partial charge in [0.15, 0.2) is 0 Å². The maximum Gasteiger partial charge on any atom is 0.326 e. The van der Waals surface area contributed by atoms with Gasteiger partial charge < -0.3 is 10.4 Å². The third kappa shape index (κ3) is 5.06. The number of hydrogen-bond acceptors (Lipinski definition) is 3. The predicted octanol–water partition coefficient (Wildman–Crippen LogP) is 2.51. The number of aliphatic carboxylic acids is 1. The highest BCUT2D eigenvalue weighted by molar-refractivity contribution is 5.85. The van der Waals surface area contributed by atoms with E-state index in [0.717, 1.165) is 38.9 Å². The van der Waals surface area contributed by atoms with Gasteiger partial charge in [0.1, 0.15) is 6.04 Å². The van der Waals surface area contributed by atoms with Crippen molar-refractivity contribution in [3.8, 4) is 0 Å². The molecule has 0 spiro atoms. The van der Waals surface area contributed by atoms with Gasteiger partial charge in [-0.2, -0.15) is 0 Å². The number of nitrogens with zero attached hydrogens (tertiary/aromatic N) is 1. The van der Waals surface area contributed by atoms with Gasteiger partial charge >= 0.3 is 5.97 Å². The second kappa shape index (κ2) is 8.83. The van der Waals surface area contributed by atoms with Crippen LogP contribution >= 0.6 is 0 Å². The number of carboxylic acid groups (broad SMARTS) is 1. The summed E-state index contributed by atoms with van der Waals surface area (Å²) in [6, 6.07) is 9.53. The van der Waals surface area contributed by atoms with E-state index in [4.69, 9.17) is 0 Å². The molecule has 24 heavy (non-hydrogen) atoms. The molecule has 2 N–H and O–H groups in total. The van der Waals surface area contributed by atoms with E-state index in [-0.39, 0.29) is 17.7 Å². The molecule has 5 nitrogen and oxygen atoms in total. The number of rotatable bonds is 7. The maximum absolute atomic E-state index is 12.4. The average molecular weight is 332 g/mol. The molecule has 1 fully saturated rings. The molecular weight excluding hydrogens is 304 g/mol. The molecule has 1 heterocycles. The van der Waals surface area contributed by atoms with Crippen LogP contribution in [0.3, 0.4) is 0 Å². The Bertz CT molecular complexity index is 539. The Morgan fingerprint density at radius 1 is 1.25 bits per heavy atom. The van der Waals surface area contributed by atoms with E-state index in [2.05, 4.69) is 22.3 Å². The van der Waals surface area contributed by atoms with Gasteiger partial charge in [-0.3, -0.25) is 9.69 Å². The first kappa shape index (κ1) is 18.5. The van der Waals surface area contributed by atoms with E-state index in [1.807, 2.05) is 32.0 Å².